The van der Waals surface area contributed by atoms with E-state index in [-0.39, 0.29) is 12.5 Å². The van der Waals surface area contributed by atoms with Crippen LogP contribution in [0.25, 0.3) is 0 Å². The molecule has 18 heavy (non-hydrogen) atoms. The number of rotatable bonds is 5. The van der Waals surface area contributed by atoms with Crippen LogP contribution in [0.5, 0.6) is 0 Å². The molecule has 0 heterocycles. The topological polar surface area (TPSA) is 69.6 Å². The van der Waals surface area contributed by atoms with Crippen LogP contribution in [-0.2, 0) is 4.79 Å². The Morgan fingerprint density at radius 2 is 2.00 bits per heavy atom. The highest BCUT2D eigenvalue weighted by molar-refractivity contribution is 5.76. The van der Waals surface area contributed by atoms with Gasteiger partial charge >= 0.3 is 18.2 Å². The Hall–Kier alpha value is -1.47. The second-order valence-corrected chi connectivity index (χ2v) is 4.42. The molecular weight excluding hydrogens is 253 g/mol. The van der Waals surface area contributed by atoms with E-state index in [1.54, 1.807) is 0 Å². The van der Waals surface area contributed by atoms with E-state index >= 15 is 0 Å². The van der Waals surface area contributed by atoms with Crippen LogP contribution in [0.3, 0.4) is 0 Å². The van der Waals surface area contributed by atoms with Crippen LogP contribution in [0.4, 0.5) is 18.0 Å². The third-order valence-corrected chi connectivity index (χ3v) is 2.45. The van der Waals surface area contributed by atoms with Gasteiger partial charge in [0.1, 0.15) is 6.54 Å². The van der Waals surface area contributed by atoms with Crippen LogP contribution in [0, 0.1) is 0 Å². The molecule has 1 fully saturated rings. The van der Waals surface area contributed by atoms with E-state index in [1.165, 1.54) is 6.92 Å². The smallest absolute Gasteiger partial charge is 0.406 e. The molecule has 0 bridgehead atoms. The Labute approximate surface area is 102 Å². The van der Waals surface area contributed by atoms with E-state index in [2.05, 4.69) is 5.32 Å². The summed E-state index contributed by atoms with van der Waals surface area (Å²) in [7, 11) is 0. The number of carboxylic acids is 1. The van der Waals surface area contributed by atoms with Gasteiger partial charge in [0, 0.05) is 12.1 Å². The minimum atomic E-state index is -4.45. The Morgan fingerprint density at radius 3 is 2.39 bits per heavy atom. The van der Waals surface area contributed by atoms with Crippen LogP contribution in [0.2, 0.25) is 0 Å². The van der Waals surface area contributed by atoms with E-state index in [0.29, 0.717) is 12.8 Å². The Bertz CT molecular complexity index is 329. The maximum absolute atomic E-state index is 12.3. The molecular formula is C10H15F3N2O3. The van der Waals surface area contributed by atoms with Crippen molar-refractivity contribution >= 4 is 12.0 Å². The molecule has 1 aliphatic carbocycles. The first-order valence-electron chi connectivity index (χ1n) is 5.54. The highest BCUT2D eigenvalue weighted by Gasteiger charge is 2.40. The van der Waals surface area contributed by atoms with E-state index in [4.69, 9.17) is 5.11 Å². The van der Waals surface area contributed by atoms with Gasteiger partial charge in [0.25, 0.3) is 0 Å². The molecule has 0 aromatic rings. The van der Waals surface area contributed by atoms with Gasteiger partial charge in [0.05, 0.1) is 6.42 Å². The van der Waals surface area contributed by atoms with Crippen LogP contribution < -0.4 is 5.32 Å². The number of nitrogens with one attached hydrogen (secondary N) is 1. The summed E-state index contributed by atoms with van der Waals surface area (Å²) in [5, 5.41) is 10.8. The number of hydrogen-bond donors (Lipinski definition) is 2. The number of hydrogen-bond acceptors (Lipinski definition) is 2. The first-order valence-corrected chi connectivity index (χ1v) is 5.54. The SMILES string of the molecule is CC(CC(=O)O)NC(=O)N(CC(F)(F)F)C1CC1. The fourth-order valence-corrected chi connectivity index (χ4v) is 1.55. The predicted octanol–water partition coefficient (Wildman–Crippen LogP) is 1.59. The van der Waals surface area contributed by atoms with Gasteiger partial charge in [-0.25, -0.2) is 4.79 Å². The van der Waals surface area contributed by atoms with Gasteiger partial charge in [-0.3, -0.25) is 4.79 Å². The molecule has 0 saturated heterocycles. The second kappa shape index (κ2) is 5.45. The lowest BCUT2D eigenvalue weighted by molar-refractivity contribution is -0.141. The summed E-state index contributed by atoms with van der Waals surface area (Å²) in [5.41, 5.74) is 0. The summed E-state index contributed by atoms with van der Waals surface area (Å²) in [4.78, 5) is 22.7. The molecule has 1 saturated carbocycles. The molecule has 0 aromatic heterocycles. The van der Waals surface area contributed by atoms with Gasteiger partial charge in [0.15, 0.2) is 0 Å². The lowest BCUT2D eigenvalue weighted by atomic mass is 10.2. The molecule has 1 aliphatic rings. The number of amides is 2. The van der Waals surface area contributed by atoms with E-state index in [9.17, 15) is 22.8 Å². The minimum absolute atomic E-state index is 0.323. The van der Waals surface area contributed by atoms with Crippen LogP contribution in [-0.4, -0.2) is 46.8 Å². The van der Waals surface area contributed by atoms with Crippen molar-refractivity contribution in [2.75, 3.05) is 6.54 Å². The maximum atomic E-state index is 12.3. The highest BCUT2D eigenvalue weighted by Crippen LogP contribution is 2.30. The molecule has 104 valence electrons. The van der Waals surface area contributed by atoms with Crippen molar-refractivity contribution in [3.8, 4) is 0 Å². The molecule has 8 heteroatoms. The molecule has 5 nitrogen and oxygen atoms in total. The van der Waals surface area contributed by atoms with Crippen molar-refractivity contribution in [2.24, 2.45) is 0 Å². The van der Waals surface area contributed by atoms with Crippen LogP contribution >= 0.6 is 0 Å². The lowest BCUT2D eigenvalue weighted by Gasteiger charge is -2.25. The molecule has 0 radical (unpaired) electrons. The molecule has 1 rings (SSSR count). The fraction of sp³-hybridized carbons (Fsp3) is 0.800. The standard InChI is InChI=1S/C10H15F3N2O3/c1-6(4-8(16)17)14-9(18)15(7-2-3-7)5-10(11,12)13/h6-7H,2-5H2,1H3,(H,14,18)(H,16,17). The van der Waals surface area contributed by atoms with Crippen molar-refractivity contribution in [1.29, 1.82) is 0 Å². The zero-order valence-corrected chi connectivity index (χ0v) is 9.83. The van der Waals surface area contributed by atoms with Crippen molar-refractivity contribution < 1.29 is 27.9 Å². The molecule has 2 N–H and O–H groups in total. The van der Waals surface area contributed by atoms with Gasteiger partial charge < -0.3 is 15.3 Å². The number of aliphatic carboxylic acids is 1. The summed E-state index contributed by atoms with van der Waals surface area (Å²) < 4.78 is 36.9. The van der Waals surface area contributed by atoms with Crippen molar-refractivity contribution in [1.82, 2.24) is 10.2 Å². The zero-order valence-electron chi connectivity index (χ0n) is 9.83. The average Bonchev–Trinajstić information content (AvgIpc) is 2.93. The van der Waals surface area contributed by atoms with Gasteiger partial charge in [0.2, 0.25) is 0 Å². The van der Waals surface area contributed by atoms with Crippen LogP contribution in [0.1, 0.15) is 26.2 Å². The Morgan fingerprint density at radius 1 is 1.44 bits per heavy atom. The molecule has 0 aliphatic heterocycles. The number of halogens is 3. The Kier molecular flexibility index (Phi) is 4.42. The third kappa shape index (κ3) is 5.24. The number of carbonyl (C=O) groups excluding carboxylic acids is 1. The van der Waals surface area contributed by atoms with Crippen molar-refractivity contribution in [2.45, 2.75) is 44.4 Å². The summed E-state index contributed by atoms with van der Waals surface area (Å²) in [5.74, 6) is -1.11. The second-order valence-electron chi connectivity index (χ2n) is 4.42. The number of nitrogens with zero attached hydrogens (tertiary/aromatic N) is 1. The fourth-order valence-electron chi connectivity index (χ4n) is 1.55. The zero-order chi connectivity index (χ0) is 13.9. The molecule has 0 aromatic carbocycles. The monoisotopic (exact) mass is 268 g/mol. The molecule has 0 spiro atoms. The van der Waals surface area contributed by atoms with Gasteiger partial charge in [-0.05, 0) is 19.8 Å². The largest absolute Gasteiger partial charge is 0.481 e. The van der Waals surface area contributed by atoms with Gasteiger partial charge in [-0.15, -0.1) is 0 Å². The van der Waals surface area contributed by atoms with Crippen molar-refractivity contribution in [3.05, 3.63) is 0 Å². The normalized spacial score (nSPS) is 17.1. The number of alkyl halides is 3. The third-order valence-electron chi connectivity index (χ3n) is 2.45. The molecule has 2 amide bonds. The average molecular weight is 268 g/mol. The minimum Gasteiger partial charge on any atom is -0.481 e. The summed E-state index contributed by atoms with van der Waals surface area (Å²) in [6, 6.07) is -1.95. The first kappa shape index (κ1) is 14.6. The van der Waals surface area contributed by atoms with Crippen LogP contribution in [0.15, 0.2) is 0 Å². The van der Waals surface area contributed by atoms with E-state index in [0.717, 1.165) is 4.90 Å². The maximum Gasteiger partial charge on any atom is 0.406 e. The van der Waals surface area contributed by atoms with Gasteiger partial charge in [-0.2, -0.15) is 13.2 Å². The molecule has 1 atom stereocenters. The highest BCUT2D eigenvalue weighted by atomic mass is 19.4. The summed E-state index contributed by atoms with van der Waals surface area (Å²) in [6.07, 6.45) is -3.67. The number of carbonyl (C=O) groups is 2. The van der Waals surface area contributed by atoms with Gasteiger partial charge in [-0.1, -0.05) is 0 Å². The Balaban J connectivity index is 2.52. The van der Waals surface area contributed by atoms with Crippen molar-refractivity contribution in [3.63, 3.8) is 0 Å². The number of carboxylic acid groups (broad SMARTS) is 1. The summed E-state index contributed by atoms with van der Waals surface area (Å²) >= 11 is 0. The first-order chi connectivity index (χ1) is 8.19. The lowest BCUT2D eigenvalue weighted by Crippen LogP contribution is -2.48. The molecule has 1 unspecified atom stereocenters. The predicted molar refractivity (Wildman–Crippen MR) is 56.0 cm³/mol. The van der Waals surface area contributed by atoms with E-state index < -0.39 is 30.8 Å². The summed E-state index contributed by atoms with van der Waals surface area (Å²) in [6.45, 7) is 0.133. The number of urea groups is 1. The quantitative estimate of drug-likeness (QED) is 0.795. The van der Waals surface area contributed by atoms with E-state index in [1.807, 2.05) is 0 Å².